The van der Waals surface area contributed by atoms with E-state index in [1.807, 2.05) is 6.92 Å². The van der Waals surface area contributed by atoms with E-state index in [0.29, 0.717) is 38.4 Å². The number of carboxylic acid groups (broad SMARTS) is 1. The van der Waals surface area contributed by atoms with E-state index >= 15 is 0 Å². The van der Waals surface area contributed by atoms with Crippen LogP contribution >= 0.6 is 0 Å². The topological polar surface area (TPSA) is 60.9 Å². The molecule has 1 saturated heterocycles. The molecule has 0 spiro atoms. The molecule has 1 unspecified atom stereocenters. The highest BCUT2D eigenvalue weighted by Crippen LogP contribution is 2.35. The highest BCUT2D eigenvalue weighted by molar-refractivity contribution is 5.78. The molecule has 0 aliphatic carbocycles. The summed E-state index contributed by atoms with van der Waals surface area (Å²) >= 11 is 0. The summed E-state index contributed by atoms with van der Waals surface area (Å²) in [6, 6.07) is -0.0415. The minimum absolute atomic E-state index is 0.0415. The number of hydrogen-bond acceptors (Lipinski definition) is 2. The first-order valence-corrected chi connectivity index (χ1v) is 7.56. The van der Waals surface area contributed by atoms with Gasteiger partial charge in [-0.2, -0.15) is 0 Å². The summed E-state index contributed by atoms with van der Waals surface area (Å²) in [5.41, 5.74) is -0.749. The molecule has 1 heterocycles. The van der Waals surface area contributed by atoms with Crippen molar-refractivity contribution in [3.63, 3.8) is 0 Å². The lowest BCUT2D eigenvalue weighted by Crippen LogP contribution is -2.53. The lowest BCUT2D eigenvalue weighted by molar-refractivity contribution is -0.152. The fourth-order valence-electron chi connectivity index (χ4n) is 3.13. The van der Waals surface area contributed by atoms with Crippen LogP contribution in [0.15, 0.2) is 0 Å². The summed E-state index contributed by atoms with van der Waals surface area (Å²) in [4.78, 5) is 27.5. The number of carbonyl (C=O) groups excluding carboxylic acids is 1. The number of piperidine rings is 1. The first kappa shape index (κ1) is 16.8. The van der Waals surface area contributed by atoms with E-state index in [1.165, 1.54) is 0 Å². The van der Waals surface area contributed by atoms with E-state index in [9.17, 15) is 14.7 Å². The SMILES string of the molecule is CCCC1(C(=O)O)CCCN(C(=O)N(C)CC(C)C)C1. The van der Waals surface area contributed by atoms with Crippen molar-refractivity contribution in [2.75, 3.05) is 26.7 Å². The summed E-state index contributed by atoms with van der Waals surface area (Å²) in [5, 5.41) is 9.55. The van der Waals surface area contributed by atoms with Gasteiger partial charge >= 0.3 is 12.0 Å². The molecule has 0 aromatic heterocycles. The maximum absolute atomic E-state index is 12.4. The molecular weight excluding hydrogens is 256 g/mol. The summed E-state index contributed by atoms with van der Waals surface area (Å²) in [6.45, 7) is 7.84. The smallest absolute Gasteiger partial charge is 0.319 e. The molecule has 5 nitrogen and oxygen atoms in total. The van der Waals surface area contributed by atoms with Crippen molar-refractivity contribution < 1.29 is 14.7 Å². The Hall–Kier alpha value is -1.26. The lowest BCUT2D eigenvalue weighted by Gasteiger charge is -2.41. The molecular formula is C15H28N2O3. The van der Waals surface area contributed by atoms with Gasteiger partial charge in [-0.1, -0.05) is 27.2 Å². The number of urea groups is 1. The zero-order chi connectivity index (χ0) is 15.3. The molecule has 1 fully saturated rings. The second-order valence-electron chi connectivity index (χ2n) is 6.42. The normalized spacial score (nSPS) is 22.9. The van der Waals surface area contributed by atoms with Crippen LogP contribution in [-0.2, 0) is 4.79 Å². The van der Waals surface area contributed by atoms with Gasteiger partial charge < -0.3 is 14.9 Å². The quantitative estimate of drug-likeness (QED) is 0.844. The third-order valence-electron chi connectivity index (χ3n) is 4.00. The Morgan fingerprint density at radius 1 is 1.40 bits per heavy atom. The zero-order valence-corrected chi connectivity index (χ0v) is 13.2. The number of hydrogen-bond donors (Lipinski definition) is 1. The number of nitrogens with zero attached hydrogens (tertiary/aromatic N) is 2. The molecule has 0 bridgehead atoms. The number of carboxylic acids is 1. The largest absolute Gasteiger partial charge is 0.481 e. The van der Waals surface area contributed by atoms with E-state index in [-0.39, 0.29) is 6.03 Å². The van der Waals surface area contributed by atoms with Crippen LogP contribution < -0.4 is 0 Å². The van der Waals surface area contributed by atoms with E-state index in [1.54, 1.807) is 16.8 Å². The van der Waals surface area contributed by atoms with Crippen molar-refractivity contribution in [2.45, 2.75) is 46.5 Å². The van der Waals surface area contributed by atoms with E-state index in [2.05, 4.69) is 13.8 Å². The average molecular weight is 284 g/mol. The number of rotatable bonds is 5. The Labute approximate surface area is 121 Å². The number of likely N-dealkylation sites (tertiary alicyclic amines) is 1. The van der Waals surface area contributed by atoms with Crippen molar-refractivity contribution in [3.8, 4) is 0 Å². The second-order valence-corrected chi connectivity index (χ2v) is 6.42. The Kier molecular flexibility index (Phi) is 5.84. The van der Waals surface area contributed by atoms with Crippen LogP contribution in [0.1, 0.15) is 46.5 Å². The molecule has 1 rings (SSSR count). The van der Waals surface area contributed by atoms with Gasteiger partial charge in [0.2, 0.25) is 0 Å². The van der Waals surface area contributed by atoms with Crippen molar-refractivity contribution in [1.29, 1.82) is 0 Å². The van der Waals surface area contributed by atoms with Crippen molar-refractivity contribution >= 4 is 12.0 Å². The predicted octanol–water partition coefficient (Wildman–Crippen LogP) is 2.66. The van der Waals surface area contributed by atoms with Crippen LogP contribution in [0, 0.1) is 11.3 Å². The summed E-state index contributed by atoms with van der Waals surface area (Å²) in [5.74, 6) is -0.350. The Morgan fingerprint density at radius 3 is 2.55 bits per heavy atom. The molecule has 1 aliphatic heterocycles. The molecule has 0 radical (unpaired) electrons. The number of aliphatic carboxylic acids is 1. The van der Waals surface area contributed by atoms with Crippen LogP contribution in [0.3, 0.4) is 0 Å². The van der Waals surface area contributed by atoms with Gasteiger partial charge in [-0.3, -0.25) is 4.79 Å². The summed E-state index contributed by atoms with van der Waals surface area (Å²) < 4.78 is 0. The first-order chi connectivity index (χ1) is 9.32. The first-order valence-electron chi connectivity index (χ1n) is 7.56. The zero-order valence-electron chi connectivity index (χ0n) is 13.2. The molecule has 116 valence electrons. The van der Waals surface area contributed by atoms with Crippen molar-refractivity contribution in [2.24, 2.45) is 11.3 Å². The highest BCUT2D eigenvalue weighted by atomic mass is 16.4. The van der Waals surface area contributed by atoms with E-state index < -0.39 is 11.4 Å². The average Bonchev–Trinajstić information content (AvgIpc) is 2.37. The molecule has 0 saturated carbocycles. The van der Waals surface area contributed by atoms with Crippen molar-refractivity contribution in [3.05, 3.63) is 0 Å². The molecule has 1 atom stereocenters. The Morgan fingerprint density at radius 2 is 2.05 bits per heavy atom. The van der Waals surface area contributed by atoms with Crippen LogP contribution in [0.25, 0.3) is 0 Å². The second kappa shape index (κ2) is 6.95. The fraction of sp³-hybridized carbons (Fsp3) is 0.867. The van der Waals surface area contributed by atoms with Gasteiger partial charge in [0.25, 0.3) is 0 Å². The maximum Gasteiger partial charge on any atom is 0.319 e. The number of amides is 2. The number of carbonyl (C=O) groups is 2. The van der Waals surface area contributed by atoms with Crippen molar-refractivity contribution in [1.82, 2.24) is 9.80 Å². The van der Waals surface area contributed by atoms with Gasteiger partial charge in [0, 0.05) is 26.7 Å². The Bertz CT molecular complexity index is 353. The van der Waals surface area contributed by atoms with Gasteiger partial charge in [0.05, 0.1) is 5.41 Å². The highest BCUT2D eigenvalue weighted by Gasteiger charge is 2.43. The standard InChI is InChI=1S/C15H28N2O3/c1-5-7-15(13(18)19)8-6-9-17(11-15)14(20)16(4)10-12(2)3/h12H,5-11H2,1-4H3,(H,18,19). The van der Waals surface area contributed by atoms with Gasteiger partial charge in [-0.15, -0.1) is 0 Å². The molecule has 2 amide bonds. The third-order valence-corrected chi connectivity index (χ3v) is 4.00. The minimum atomic E-state index is -0.761. The molecule has 0 aromatic rings. The molecule has 20 heavy (non-hydrogen) atoms. The van der Waals surface area contributed by atoms with Gasteiger partial charge in [-0.05, 0) is 25.2 Å². The van der Waals surface area contributed by atoms with Crippen LogP contribution in [0.5, 0.6) is 0 Å². The molecule has 0 aromatic carbocycles. The minimum Gasteiger partial charge on any atom is -0.481 e. The molecule has 5 heteroatoms. The predicted molar refractivity (Wildman–Crippen MR) is 78.6 cm³/mol. The van der Waals surface area contributed by atoms with E-state index in [0.717, 1.165) is 12.8 Å². The maximum atomic E-state index is 12.4. The summed E-state index contributed by atoms with van der Waals surface area (Å²) in [7, 11) is 1.79. The lowest BCUT2D eigenvalue weighted by atomic mass is 9.76. The monoisotopic (exact) mass is 284 g/mol. The molecule has 1 aliphatic rings. The van der Waals surface area contributed by atoms with Crippen LogP contribution in [-0.4, -0.2) is 53.6 Å². The summed E-state index contributed by atoms with van der Waals surface area (Å²) in [6.07, 6.45) is 2.91. The Balaban J connectivity index is 2.77. The van der Waals surface area contributed by atoms with E-state index in [4.69, 9.17) is 0 Å². The molecule has 1 N–H and O–H groups in total. The fourth-order valence-corrected chi connectivity index (χ4v) is 3.13. The van der Waals surface area contributed by atoms with Gasteiger partial charge in [0.15, 0.2) is 0 Å². The van der Waals surface area contributed by atoms with Gasteiger partial charge in [-0.25, -0.2) is 4.79 Å². The van der Waals surface area contributed by atoms with Crippen LogP contribution in [0.2, 0.25) is 0 Å². The third kappa shape index (κ3) is 3.87. The van der Waals surface area contributed by atoms with Gasteiger partial charge in [0.1, 0.15) is 0 Å². The van der Waals surface area contributed by atoms with Crippen LogP contribution in [0.4, 0.5) is 4.79 Å².